The Morgan fingerprint density at radius 2 is 1.94 bits per heavy atom. The fraction of sp³-hybridized carbons (Fsp3) is 0.917. The van der Waals surface area contributed by atoms with Crippen LogP contribution in [-0.4, -0.2) is 35.7 Å². The van der Waals surface area contributed by atoms with Crippen molar-refractivity contribution in [3.63, 3.8) is 0 Å². The summed E-state index contributed by atoms with van der Waals surface area (Å²) in [5, 5.41) is 15.6. The van der Waals surface area contributed by atoms with Gasteiger partial charge in [-0.3, -0.25) is 4.79 Å². The molecule has 0 aromatic rings. The number of rotatable bonds is 7. The maximum absolute atomic E-state index is 11.5. The van der Waals surface area contributed by atoms with Gasteiger partial charge in [0.05, 0.1) is 12.1 Å². The predicted octanol–water partition coefficient (Wildman–Crippen LogP) is 0.898. The molecule has 0 rings (SSSR count). The average Bonchev–Trinajstić information content (AvgIpc) is 2.17. The second-order valence-electron chi connectivity index (χ2n) is 5.05. The van der Waals surface area contributed by atoms with Gasteiger partial charge in [-0.2, -0.15) is 0 Å². The van der Waals surface area contributed by atoms with E-state index in [1.165, 1.54) is 0 Å². The molecular weight excluding hydrogens is 204 g/mol. The molecule has 16 heavy (non-hydrogen) atoms. The molecule has 0 aromatic carbocycles. The van der Waals surface area contributed by atoms with Gasteiger partial charge in [0, 0.05) is 12.6 Å². The number of aliphatic hydroxyl groups is 1. The summed E-state index contributed by atoms with van der Waals surface area (Å²) in [5.41, 5.74) is -0.732. The molecule has 0 aliphatic rings. The third kappa shape index (κ3) is 6.80. The molecule has 0 aliphatic heterocycles. The van der Waals surface area contributed by atoms with Gasteiger partial charge in [-0.1, -0.05) is 20.8 Å². The highest BCUT2D eigenvalue weighted by atomic mass is 16.3. The zero-order valence-electron chi connectivity index (χ0n) is 11.1. The molecule has 2 atom stereocenters. The summed E-state index contributed by atoms with van der Waals surface area (Å²) in [7, 11) is 0. The quantitative estimate of drug-likeness (QED) is 0.609. The maximum Gasteiger partial charge on any atom is 0.234 e. The fourth-order valence-corrected chi connectivity index (χ4v) is 1.04. The molecule has 4 heteroatoms. The fourth-order valence-electron chi connectivity index (χ4n) is 1.04. The van der Waals surface area contributed by atoms with Gasteiger partial charge in [-0.15, -0.1) is 0 Å². The van der Waals surface area contributed by atoms with Crippen molar-refractivity contribution < 1.29 is 9.90 Å². The number of carbonyl (C=O) groups is 1. The SMILES string of the molecule is CCC(C)(O)CNCC(=O)NC(C)C(C)C. The highest BCUT2D eigenvalue weighted by molar-refractivity contribution is 5.78. The minimum atomic E-state index is -0.732. The van der Waals surface area contributed by atoms with Crippen LogP contribution in [0.4, 0.5) is 0 Å². The van der Waals surface area contributed by atoms with E-state index >= 15 is 0 Å². The van der Waals surface area contributed by atoms with Crippen molar-refractivity contribution >= 4 is 5.91 Å². The molecule has 0 spiro atoms. The second kappa shape index (κ2) is 6.86. The molecule has 0 saturated heterocycles. The number of nitrogens with one attached hydrogen (secondary N) is 2. The van der Waals surface area contributed by atoms with E-state index < -0.39 is 5.60 Å². The van der Waals surface area contributed by atoms with Crippen LogP contribution in [0.25, 0.3) is 0 Å². The summed E-state index contributed by atoms with van der Waals surface area (Å²) in [4.78, 5) is 11.5. The zero-order valence-corrected chi connectivity index (χ0v) is 11.1. The van der Waals surface area contributed by atoms with E-state index in [0.717, 1.165) is 0 Å². The van der Waals surface area contributed by atoms with E-state index in [4.69, 9.17) is 0 Å². The largest absolute Gasteiger partial charge is 0.389 e. The van der Waals surface area contributed by atoms with Crippen molar-refractivity contribution in [2.45, 2.75) is 52.7 Å². The van der Waals surface area contributed by atoms with Crippen LogP contribution in [0.2, 0.25) is 0 Å². The smallest absolute Gasteiger partial charge is 0.234 e. The first-order valence-corrected chi connectivity index (χ1v) is 6.01. The lowest BCUT2D eigenvalue weighted by Crippen LogP contribution is -2.45. The first-order valence-electron chi connectivity index (χ1n) is 6.01. The highest BCUT2D eigenvalue weighted by Crippen LogP contribution is 2.05. The van der Waals surface area contributed by atoms with Crippen LogP contribution < -0.4 is 10.6 Å². The monoisotopic (exact) mass is 230 g/mol. The van der Waals surface area contributed by atoms with Gasteiger partial charge in [-0.05, 0) is 26.2 Å². The number of hydrogen-bond donors (Lipinski definition) is 3. The van der Waals surface area contributed by atoms with Crippen LogP contribution in [-0.2, 0) is 4.79 Å². The number of carbonyl (C=O) groups excluding carboxylic acids is 1. The van der Waals surface area contributed by atoms with Crippen molar-refractivity contribution in [3.8, 4) is 0 Å². The normalized spacial score (nSPS) is 16.9. The molecule has 0 radical (unpaired) electrons. The van der Waals surface area contributed by atoms with Crippen LogP contribution in [0.15, 0.2) is 0 Å². The summed E-state index contributed by atoms with van der Waals surface area (Å²) in [5.74, 6) is 0.413. The van der Waals surface area contributed by atoms with Crippen LogP contribution in [0, 0.1) is 5.92 Å². The molecule has 1 amide bonds. The Labute approximate surface area is 98.8 Å². The van der Waals surface area contributed by atoms with Crippen molar-refractivity contribution in [2.24, 2.45) is 5.92 Å². The van der Waals surface area contributed by atoms with E-state index in [1.807, 2.05) is 13.8 Å². The summed E-state index contributed by atoms with van der Waals surface area (Å²) in [6.45, 7) is 10.5. The maximum atomic E-state index is 11.5. The van der Waals surface area contributed by atoms with Gasteiger partial charge >= 0.3 is 0 Å². The van der Waals surface area contributed by atoms with Crippen molar-refractivity contribution in [1.29, 1.82) is 0 Å². The molecule has 96 valence electrons. The minimum Gasteiger partial charge on any atom is -0.389 e. The average molecular weight is 230 g/mol. The molecule has 0 aromatic heterocycles. The number of hydrogen-bond acceptors (Lipinski definition) is 3. The van der Waals surface area contributed by atoms with Gasteiger partial charge in [0.1, 0.15) is 0 Å². The molecule has 2 unspecified atom stereocenters. The van der Waals surface area contributed by atoms with Crippen molar-refractivity contribution in [2.75, 3.05) is 13.1 Å². The topological polar surface area (TPSA) is 61.4 Å². The van der Waals surface area contributed by atoms with Crippen LogP contribution >= 0.6 is 0 Å². The van der Waals surface area contributed by atoms with Gasteiger partial charge in [0.2, 0.25) is 5.91 Å². The van der Waals surface area contributed by atoms with E-state index in [-0.39, 0.29) is 18.5 Å². The third-order valence-electron chi connectivity index (χ3n) is 2.94. The highest BCUT2D eigenvalue weighted by Gasteiger charge is 2.17. The first kappa shape index (κ1) is 15.4. The van der Waals surface area contributed by atoms with Crippen LogP contribution in [0.3, 0.4) is 0 Å². The molecule has 3 N–H and O–H groups in total. The Morgan fingerprint density at radius 1 is 1.38 bits per heavy atom. The summed E-state index contributed by atoms with van der Waals surface area (Å²) >= 11 is 0. The van der Waals surface area contributed by atoms with E-state index in [0.29, 0.717) is 18.9 Å². The molecular formula is C12H26N2O2. The molecule has 0 bridgehead atoms. The molecule has 0 saturated carbocycles. The molecule has 4 nitrogen and oxygen atoms in total. The standard InChI is InChI=1S/C12H26N2O2/c1-6-12(5,16)8-13-7-11(15)14-10(4)9(2)3/h9-10,13,16H,6-8H2,1-5H3,(H,14,15). The van der Waals surface area contributed by atoms with Gasteiger partial charge < -0.3 is 15.7 Å². The molecule has 0 fully saturated rings. The second-order valence-corrected chi connectivity index (χ2v) is 5.05. The van der Waals surface area contributed by atoms with E-state index in [9.17, 15) is 9.90 Å². The minimum absolute atomic E-state index is 0.0203. The Balaban J connectivity index is 3.75. The van der Waals surface area contributed by atoms with Gasteiger partial charge in [0.25, 0.3) is 0 Å². The Kier molecular flexibility index (Phi) is 6.60. The first-order chi connectivity index (χ1) is 7.28. The van der Waals surface area contributed by atoms with Crippen LogP contribution in [0.1, 0.15) is 41.0 Å². The zero-order chi connectivity index (χ0) is 12.8. The predicted molar refractivity (Wildman–Crippen MR) is 66.2 cm³/mol. The third-order valence-corrected chi connectivity index (χ3v) is 2.94. The van der Waals surface area contributed by atoms with Crippen molar-refractivity contribution in [3.05, 3.63) is 0 Å². The van der Waals surface area contributed by atoms with Crippen molar-refractivity contribution in [1.82, 2.24) is 10.6 Å². The lowest BCUT2D eigenvalue weighted by Gasteiger charge is -2.22. The lowest BCUT2D eigenvalue weighted by molar-refractivity contribution is -0.121. The summed E-state index contributed by atoms with van der Waals surface area (Å²) < 4.78 is 0. The van der Waals surface area contributed by atoms with E-state index in [1.54, 1.807) is 6.92 Å². The molecule has 0 aliphatic carbocycles. The Bertz CT molecular complexity index is 215. The van der Waals surface area contributed by atoms with Gasteiger partial charge in [-0.25, -0.2) is 0 Å². The lowest BCUT2D eigenvalue weighted by atomic mass is 10.0. The van der Waals surface area contributed by atoms with Crippen LogP contribution in [0.5, 0.6) is 0 Å². The van der Waals surface area contributed by atoms with Gasteiger partial charge in [0.15, 0.2) is 0 Å². The number of amides is 1. The van der Waals surface area contributed by atoms with E-state index in [2.05, 4.69) is 24.5 Å². The summed E-state index contributed by atoms with van der Waals surface area (Å²) in [6, 6.07) is 0.181. The Hall–Kier alpha value is -0.610. The molecule has 0 heterocycles. The Morgan fingerprint density at radius 3 is 2.38 bits per heavy atom. The summed E-state index contributed by atoms with van der Waals surface area (Å²) in [6.07, 6.45) is 0.671.